The number of alkyl halides is 8. The molecule has 3 rings (SSSR count). The van der Waals surface area contributed by atoms with Crippen molar-refractivity contribution in [3.8, 4) is 5.88 Å². The van der Waals surface area contributed by atoms with Gasteiger partial charge in [-0.1, -0.05) is 0 Å². The molecule has 0 bridgehead atoms. The fourth-order valence-electron chi connectivity index (χ4n) is 2.45. The summed E-state index contributed by atoms with van der Waals surface area (Å²) in [4.78, 5) is 31.1. The van der Waals surface area contributed by atoms with E-state index in [1.165, 1.54) is 14.1 Å². The van der Waals surface area contributed by atoms with E-state index < -0.39 is 72.3 Å². The second kappa shape index (κ2) is 13.7. The van der Waals surface area contributed by atoms with Gasteiger partial charge in [0.15, 0.2) is 0 Å². The molecule has 0 saturated carbocycles. The fourth-order valence-corrected chi connectivity index (χ4v) is 2.45. The summed E-state index contributed by atoms with van der Waals surface area (Å²) in [6.07, 6.45) is -3.54. The minimum Gasteiger partial charge on any atom is -0.478 e. The Hall–Kier alpha value is -4.72. The van der Waals surface area contributed by atoms with Crippen LogP contribution in [0, 0.1) is 0 Å². The fraction of sp³-hybridized carbons (Fsp3) is 0.333. The summed E-state index contributed by atoms with van der Waals surface area (Å²) < 4.78 is 101. The van der Waals surface area contributed by atoms with E-state index in [1.807, 2.05) is 0 Å². The number of rotatable bonds is 8. The Labute approximate surface area is 210 Å². The molecule has 3 heterocycles. The number of hydrogen-bond donors (Lipinski definition) is 3. The van der Waals surface area contributed by atoms with Crippen LogP contribution in [0.15, 0.2) is 18.6 Å². The number of aryl methyl sites for hydroxylation is 2. The molecule has 21 heteroatoms. The van der Waals surface area contributed by atoms with Crippen LogP contribution in [0.4, 0.5) is 35.1 Å². The summed E-state index contributed by atoms with van der Waals surface area (Å²) in [6, 6.07) is 0. The summed E-state index contributed by atoms with van der Waals surface area (Å²) in [5.74, 6) is -5.04. The van der Waals surface area contributed by atoms with E-state index in [2.05, 4.69) is 20.0 Å². The van der Waals surface area contributed by atoms with Crippen LogP contribution < -0.4 is 4.74 Å². The number of hydrogen-bond acceptors (Lipinski definition) is 7. The lowest BCUT2D eigenvalue weighted by Gasteiger charge is -1.99. The van der Waals surface area contributed by atoms with E-state index in [4.69, 9.17) is 15.3 Å². The topological polar surface area (TPSA) is 175 Å². The van der Waals surface area contributed by atoms with Crippen molar-refractivity contribution in [3.05, 3.63) is 46.7 Å². The van der Waals surface area contributed by atoms with Crippen molar-refractivity contribution >= 4 is 17.9 Å². The average Bonchev–Trinajstić information content (AvgIpc) is 3.50. The minimum atomic E-state index is -3.19. The highest BCUT2D eigenvalue weighted by atomic mass is 19.3. The molecule has 0 aliphatic carbocycles. The van der Waals surface area contributed by atoms with Crippen LogP contribution in [0.25, 0.3) is 0 Å². The largest absolute Gasteiger partial charge is 0.478 e. The molecule has 39 heavy (non-hydrogen) atoms. The van der Waals surface area contributed by atoms with Gasteiger partial charge in [-0.25, -0.2) is 36.6 Å². The highest BCUT2D eigenvalue weighted by Crippen LogP contribution is 2.23. The van der Waals surface area contributed by atoms with Crippen molar-refractivity contribution in [3.63, 3.8) is 0 Å². The standard InChI is InChI=1S/C6H4F4N2O2.C6H6F2N2O3.C6H6F2N2O2/c7-4(8)3-2(5(13)14)1-12(11-3)6(9)10;1-10-2-3(5(11)12)4(9-10)13-6(7)8;1-10-2-3(6(11)12)4(9-10)5(7)8/h1,4,6H,(H,13,14);2,6H,1H3,(H,11,12);2,5H,1H3,(H,11,12). The zero-order valence-corrected chi connectivity index (χ0v) is 19.2. The molecular weight excluding hydrogens is 564 g/mol. The molecule has 0 fully saturated rings. The Morgan fingerprint density at radius 3 is 1.46 bits per heavy atom. The molecule has 0 spiro atoms. The first-order valence-corrected chi connectivity index (χ1v) is 9.61. The van der Waals surface area contributed by atoms with Crippen LogP contribution in [0.1, 0.15) is 61.9 Å². The first-order chi connectivity index (χ1) is 18.0. The Bertz CT molecular complexity index is 1290. The maximum Gasteiger partial charge on any atom is 0.388 e. The Balaban J connectivity index is 0.000000293. The molecule has 216 valence electrons. The third kappa shape index (κ3) is 9.27. The molecule has 0 aliphatic heterocycles. The summed E-state index contributed by atoms with van der Waals surface area (Å²) in [5.41, 5.74) is -3.60. The molecule has 13 nitrogen and oxygen atoms in total. The number of aromatic nitrogens is 6. The van der Waals surface area contributed by atoms with E-state index in [9.17, 15) is 49.5 Å². The smallest absolute Gasteiger partial charge is 0.388 e. The lowest BCUT2D eigenvalue weighted by atomic mass is 10.2. The number of aromatic carboxylic acids is 3. The van der Waals surface area contributed by atoms with E-state index in [-0.39, 0.29) is 10.2 Å². The average molecular weight is 580 g/mol. The molecule has 0 unspecified atom stereocenters. The first-order valence-electron chi connectivity index (χ1n) is 9.61. The van der Waals surface area contributed by atoms with Crippen LogP contribution in [-0.4, -0.2) is 69.2 Å². The Kier molecular flexibility index (Phi) is 11.4. The highest BCUT2D eigenvalue weighted by Gasteiger charge is 2.25. The van der Waals surface area contributed by atoms with Gasteiger partial charge in [-0.3, -0.25) is 9.36 Å². The number of nitrogens with zero attached hydrogens (tertiary/aromatic N) is 6. The summed E-state index contributed by atoms with van der Waals surface area (Å²) in [5, 5.41) is 34.8. The van der Waals surface area contributed by atoms with E-state index in [1.54, 1.807) is 0 Å². The highest BCUT2D eigenvalue weighted by molar-refractivity contribution is 5.90. The molecule has 0 amide bonds. The van der Waals surface area contributed by atoms with Gasteiger partial charge < -0.3 is 20.1 Å². The van der Waals surface area contributed by atoms with Crippen LogP contribution in [-0.2, 0) is 14.1 Å². The van der Waals surface area contributed by atoms with Gasteiger partial charge in [0.25, 0.3) is 18.7 Å². The van der Waals surface area contributed by atoms with Crippen LogP contribution in [0.5, 0.6) is 5.88 Å². The number of ether oxygens (including phenoxy) is 1. The van der Waals surface area contributed by atoms with E-state index >= 15 is 0 Å². The summed E-state index contributed by atoms with van der Waals surface area (Å²) in [6.45, 7) is -6.21. The second-order valence-electron chi connectivity index (χ2n) is 6.70. The number of carboxylic acid groups (broad SMARTS) is 3. The maximum absolute atomic E-state index is 12.1. The van der Waals surface area contributed by atoms with Crippen LogP contribution >= 0.6 is 0 Å². The van der Waals surface area contributed by atoms with Gasteiger partial charge in [-0.05, 0) is 0 Å². The zero-order valence-electron chi connectivity index (χ0n) is 19.2. The molecule has 3 N–H and O–H groups in total. The molecule has 0 radical (unpaired) electrons. The van der Waals surface area contributed by atoms with E-state index in [0.29, 0.717) is 6.20 Å². The lowest BCUT2D eigenvalue weighted by molar-refractivity contribution is -0.0536. The first kappa shape index (κ1) is 32.3. The van der Waals surface area contributed by atoms with Crippen molar-refractivity contribution in [1.29, 1.82) is 0 Å². The predicted molar refractivity (Wildman–Crippen MR) is 107 cm³/mol. The molecule has 3 aromatic rings. The molecule has 0 aliphatic rings. The third-order valence-electron chi connectivity index (χ3n) is 3.92. The van der Waals surface area contributed by atoms with Gasteiger partial charge in [-0.15, -0.1) is 5.10 Å². The lowest BCUT2D eigenvalue weighted by Crippen LogP contribution is -2.06. The normalized spacial score (nSPS) is 10.8. The van der Waals surface area contributed by atoms with Crippen molar-refractivity contribution in [2.75, 3.05) is 0 Å². The number of carbonyl (C=O) groups is 3. The van der Waals surface area contributed by atoms with Crippen LogP contribution in [0.2, 0.25) is 0 Å². The van der Waals surface area contributed by atoms with Gasteiger partial charge in [-0.2, -0.15) is 27.8 Å². The summed E-state index contributed by atoms with van der Waals surface area (Å²) in [7, 11) is 2.79. The molecular formula is C18H16F8N6O7. The van der Waals surface area contributed by atoms with E-state index in [0.717, 1.165) is 21.8 Å². The SMILES string of the molecule is Cn1cc(C(=O)O)c(C(F)F)n1.Cn1cc(C(=O)O)c(OC(F)F)n1.O=C(O)c1cn(C(F)F)nc1C(F)F. The van der Waals surface area contributed by atoms with Crippen molar-refractivity contribution in [1.82, 2.24) is 29.3 Å². The number of carboxylic acids is 3. The Morgan fingerprint density at radius 2 is 1.10 bits per heavy atom. The molecule has 0 saturated heterocycles. The minimum absolute atomic E-state index is 0.120. The van der Waals surface area contributed by atoms with Gasteiger partial charge in [0, 0.05) is 32.7 Å². The second-order valence-corrected chi connectivity index (χ2v) is 6.70. The summed E-state index contributed by atoms with van der Waals surface area (Å²) >= 11 is 0. The zero-order chi connectivity index (χ0) is 30.2. The predicted octanol–water partition coefficient (Wildman–Crippen LogP) is 3.69. The molecule has 3 aromatic heterocycles. The van der Waals surface area contributed by atoms with Crippen molar-refractivity contribution < 1.29 is 69.6 Å². The van der Waals surface area contributed by atoms with Gasteiger partial charge in [0.1, 0.15) is 28.1 Å². The molecule has 0 aromatic carbocycles. The number of halogens is 8. The van der Waals surface area contributed by atoms with Gasteiger partial charge >= 0.3 is 31.1 Å². The molecule has 0 atom stereocenters. The Morgan fingerprint density at radius 1 is 0.692 bits per heavy atom. The third-order valence-corrected chi connectivity index (χ3v) is 3.92. The van der Waals surface area contributed by atoms with Gasteiger partial charge in [0.05, 0.1) is 0 Å². The van der Waals surface area contributed by atoms with Gasteiger partial charge in [0.2, 0.25) is 0 Å². The van der Waals surface area contributed by atoms with Crippen molar-refractivity contribution in [2.45, 2.75) is 26.0 Å². The van der Waals surface area contributed by atoms with Crippen LogP contribution in [0.3, 0.4) is 0 Å². The van der Waals surface area contributed by atoms with Crippen molar-refractivity contribution in [2.24, 2.45) is 14.1 Å². The quantitative estimate of drug-likeness (QED) is 0.333. The maximum atomic E-state index is 12.1. The monoisotopic (exact) mass is 580 g/mol.